The van der Waals surface area contributed by atoms with Gasteiger partial charge in [0.1, 0.15) is 6.54 Å². The molecule has 0 saturated carbocycles. The Bertz CT molecular complexity index is 1230. The number of para-hydroxylation sites is 1. The van der Waals surface area contributed by atoms with E-state index in [2.05, 4.69) is 10.5 Å². The first-order chi connectivity index (χ1) is 15.3. The maximum Gasteiger partial charge on any atom is 0.264 e. The molecule has 1 amide bonds. The Hall–Kier alpha value is -2.87. The van der Waals surface area contributed by atoms with Crippen molar-refractivity contribution in [3.05, 3.63) is 94.0 Å². The second-order valence-electron chi connectivity index (χ2n) is 6.77. The molecule has 3 aromatic carbocycles. The molecule has 32 heavy (non-hydrogen) atoms. The number of benzene rings is 3. The third-order valence-corrected chi connectivity index (χ3v) is 6.95. The molecule has 0 fully saturated rings. The quantitative estimate of drug-likeness (QED) is 0.360. The van der Waals surface area contributed by atoms with Gasteiger partial charge in [0.15, 0.2) is 0 Å². The van der Waals surface area contributed by atoms with E-state index in [1.165, 1.54) is 18.3 Å². The van der Waals surface area contributed by atoms with Crippen LogP contribution in [0.4, 0.5) is 5.69 Å². The lowest BCUT2D eigenvalue weighted by atomic mass is 10.1. The van der Waals surface area contributed by atoms with Gasteiger partial charge in [0.2, 0.25) is 0 Å². The summed E-state index contributed by atoms with van der Waals surface area (Å²) in [6, 6.07) is 19.9. The van der Waals surface area contributed by atoms with E-state index >= 15 is 0 Å². The molecular formula is C23H21Cl2N3O3S. The zero-order valence-corrected chi connectivity index (χ0v) is 19.5. The number of carbonyl (C=O) groups excluding carboxylic acids is 1. The first-order valence-corrected chi connectivity index (χ1v) is 11.9. The standard InChI is InChI=1S/C23H21Cl2N3O3S/c1-2-17-8-6-7-11-22(17)28(32(30,31)20-9-4-3-5-10-20)16-23(29)27-26-15-18-12-13-19(24)14-21(18)25/h3-15H,2,16H2,1H3,(H,27,29)/b26-15-. The normalized spacial score (nSPS) is 11.5. The number of sulfonamides is 1. The molecule has 3 rings (SSSR count). The van der Waals surface area contributed by atoms with E-state index in [4.69, 9.17) is 23.2 Å². The first kappa shape index (κ1) is 23.8. The van der Waals surface area contributed by atoms with E-state index in [1.807, 2.05) is 19.1 Å². The number of aryl methyl sites for hydroxylation is 1. The van der Waals surface area contributed by atoms with E-state index in [9.17, 15) is 13.2 Å². The zero-order chi connectivity index (χ0) is 23.1. The van der Waals surface area contributed by atoms with Gasteiger partial charge in [-0.1, -0.05) is 72.6 Å². The largest absolute Gasteiger partial charge is 0.271 e. The average molecular weight is 490 g/mol. The van der Waals surface area contributed by atoms with Crippen LogP contribution in [0.25, 0.3) is 0 Å². The minimum atomic E-state index is -3.99. The van der Waals surface area contributed by atoms with Crippen LogP contribution in [-0.2, 0) is 21.2 Å². The van der Waals surface area contributed by atoms with Crippen molar-refractivity contribution < 1.29 is 13.2 Å². The highest BCUT2D eigenvalue weighted by molar-refractivity contribution is 7.92. The van der Waals surface area contributed by atoms with Gasteiger partial charge in [-0.25, -0.2) is 13.8 Å². The van der Waals surface area contributed by atoms with E-state index in [-0.39, 0.29) is 4.90 Å². The number of amides is 1. The van der Waals surface area contributed by atoms with Crippen molar-refractivity contribution in [2.75, 3.05) is 10.8 Å². The van der Waals surface area contributed by atoms with E-state index in [0.29, 0.717) is 27.7 Å². The Morgan fingerprint density at radius 2 is 1.72 bits per heavy atom. The molecule has 0 aliphatic heterocycles. The number of rotatable bonds is 8. The minimum absolute atomic E-state index is 0.0927. The van der Waals surface area contributed by atoms with E-state index in [0.717, 1.165) is 9.87 Å². The molecule has 6 nitrogen and oxygen atoms in total. The maximum atomic E-state index is 13.4. The SMILES string of the molecule is CCc1ccccc1N(CC(=O)N/N=C\c1ccc(Cl)cc1Cl)S(=O)(=O)c1ccccc1. The van der Waals surface area contributed by atoms with Crippen molar-refractivity contribution in [2.24, 2.45) is 5.10 Å². The van der Waals surface area contributed by atoms with Gasteiger partial charge in [-0.15, -0.1) is 0 Å². The Morgan fingerprint density at radius 3 is 2.41 bits per heavy atom. The predicted octanol–water partition coefficient (Wildman–Crippen LogP) is 4.90. The fourth-order valence-corrected chi connectivity index (χ4v) is 4.96. The molecule has 3 aromatic rings. The smallest absolute Gasteiger partial charge is 0.264 e. The second-order valence-corrected chi connectivity index (χ2v) is 9.47. The number of nitrogens with zero attached hydrogens (tertiary/aromatic N) is 2. The van der Waals surface area contributed by atoms with E-state index in [1.54, 1.807) is 48.5 Å². The van der Waals surface area contributed by atoms with Gasteiger partial charge >= 0.3 is 0 Å². The number of halogens is 2. The molecule has 0 saturated heterocycles. The van der Waals surface area contributed by atoms with Crippen molar-refractivity contribution in [2.45, 2.75) is 18.2 Å². The molecule has 0 atom stereocenters. The molecule has 1 N–H and O–H groups in total. The summed E-state index contributed by atoms with van der Waals surface area (Å²) in [5, 5.41) is 4.76. The van der Waals surface area contributed by atoms with Crippen LogP contribution < -0.4 is 9.73 Å². The highest BCUT2D eigenvalue weighted by atomic mass is 35.5. The summed E-state index contributed by atoms with van der Waals surface area (Å²) in [5.41, 5.74) is 4.17. The van der Waals surface area contributed by atoms with Gasteiger partial charge in [-0.05, 0) is 42.3 Å². The van der Waals surface area contributed by atoms with Crippen molar-refractivity contribution in [3.63, 3.8) is 0 Å². The Morgan fingerprint density at radius 1 is 1.03 bits per heavy atom. The van der Waals surface area contributed by atoms with Crippen LogP contribution in [0.5, 0.6) is 0 Å². The van der Waals surface area contributed by atoms with Crippen LogP contribution in [0.15, 0.2) is 82.8 Å². The molecule has 0 aliphatic carbocycles. The number of hydrogen-bond acceptors (Lipinski definition) is 4. The monoisotopic (exact) mass is 489 g/mol. The summed E-state index contributed by atoms with van der Waals surface area (Å²) >= 11 is 12.0. The summed E-state index contributed by atoms with van der Waals surface area (Å²) in [5.74, 6) is -0.600. The van der Waals surface area contributed by atoms with Crippen molar-refractivity contribution in [1.82, 2.24) is 5.43 Å². The Balaban J connectivity index is 1.87. The molecule has 0 heterocycles. The minimum Gasteiger partial charge on any atom is -0.271 e. The van der Waals surface area contributed by atoms with Gasteiger partial charge < -0.3 is 0 Å². The lowest BCUT2D eigenvalue weighted by Crippen LogP contribution is -2.40. The molecule has 0 unspecified atom stereocenters. The summed E-state index contributed by atoms with van der Waals surface area (Å²) < 4.78 is 27.9. The van der Waals surface area contributed by atoms with Crippen molar-refractivity contribution in [1.29, 1.82) is 0 Å². The molecule has 166 valence electrons. The zero-order valence-electron chi connectivity index (χ0n) is 17.2. The fraction of sp³-hybridized carbons (Fsp3) is 0.130. The summed E-state index contributed by atoms with van der Waals surface area (Å²) in [6.45, 7) is 1.48. The fourth-order valence-electron chi connectivity index (χ4n) is 3.02. The number of carbonyl (C=O) groups is 1. The maximum absolute atomic E-state index is 13.4. The molecule has 9 heteroatoms. The van der Waals surface area contributed by atoms with Crippen LogP contribution in [0, 0.1) is 0 Å². The summed E-state index contributed by atoms with van der Waals surface area (Å²) in [4.78, 5) is 12.7. The lowest BCUT2D eigenvalue weighted by Gasteiger charge is -2.25. The van der Waals surface area contributed by atoms with Gasteiger partial charge in [0, 0.05) is 10.6 Å². The molecule has 0 bridgehead atoms. The Labute approximate surface area is 197 Å². The highest BCUT2D eigenvalue weighted by Gasteiger charge is 2.28. The van der Waals surface area contributed by atoms with Crippen LogP contribution in [0.2, 0.25) is 10.0 Å². The first-order valence-electron chi connectivity index (χ1n) is 9.75. The third-order valence-electron chi connectivity index (χ3n) is 4.62. The van der Waals surface area contributed by atoms with Crippen LogP contribution in [0.3, 0.4) is 0 Å². The van der Waals surface area contributed by atoms with Gasteiger partial charge in [-0.2, -0.15) is 5.10 Å². The molecular weight excluding hydrogens is 469 g/mol. The predicted molar refractivity (Wildman–Crippen MR) is 129 cm³/mol. The molecule has 0 aromatic heterocycles. The topological polar surface area (TPSA) is 78.8 Å². The van der Waals surface area contributed by atoms with E-state index < -0.39 is 22.5 Å². The number of anilines is 1. The lowest BCUT2D eigenvalue weighted by molar-refractivity contribution is -0.119. The van der Waals surface area contributed by atoms with Gasteiger partial charge in [0.25, 0.3) is 15.9 Å². The summed E-state index contributed by atoms with van der Waals surface area (Å²) in [7, 11) is -3.99. The number of nitrogens with one attached hydrogen (secondary N) is 1. The number of hydrogen-bond donors (Lipinski definition) is 1. The number of hydrazone groups is 1. The second kappa shape index (κ2) is 10.6. The van der Waals surface area contributed by atoms with Gasteiger partial charge in [0.05, 0.1) is 21.8 Å². The van der Waals surface area contributed by atoms with Crippen LogP contribution >= 0.6 is 23.2 Å². The average Bonchev–Trinajstić information content (AvgIpc) is 2.79. The Kier molecular flexibility index (Phi) is 7.90. The molecule has 0 spiro atoms. The summed E-state index contributed by atoms with van der Waals surface area (Å²) in [6.07, 6.45) is 1.97. The van der Waals surface area contributed by atoms with Crippen molar-refractivity contribution in [3.8, 4) is 0 Å². The molecule has 0 radical (unpaired) electrons. The van der Waals surface area contributed by atoms with Crippen molar-refractivity contribution >= 4 is 51.0 Å². The highest BCUT2D eigenvalue weighted by Crippen LogP contribution is 2.27. The third kappa shape index (κ3) is 5.68. The van der Waals surface area contributed by atoms with Crippen LogP contribution in [0.1, 0.15) is 18.1 Å². The van der Waals surface area contributed by atoms with Gasteiger partial charge in [-0.3, -0.25) is 9.10 Å². The van der Waals surface area contributed by atoms with Crippen LogP contribution in [-0.4, -0.2) is 27.1 Å². The molecule has 0 aliphatic rings.